The van der Waals surface area contributed by atoms with Crippen LogP contribution in [0, 0.1) is 0 Å². The number of aliphatic carboxylic acids is 1. The number of rotatable bonds is 17. The first kappa shape index (κ1) is 22.4. The molecule has 0 aliphatic heterocycles. The molecule has 0 unspecified atom stereocenters. The minimum atomic E-state index is -0.899. The highest BCUT2D eigenvalue weighted by Crippen LogP contribution is 2.14. The summed E-state index contributed by atoms with van der Waals surface area (Å²) in [4.78, 5) is 10.4. The van der Waals surface area contributed by atoms with E-state index in [-0.39, 0.29) is 12.8 Å². The molecular weight excluding hydrogens is 292 g/mol. The third kappa shape index (κ3) is 17.6. The Balaban J connectivity index is 3.29. The minimum Gasteiger partial charge on any atom is -0.481 e. The molecule has 138 valence electrons. The first-order chi connectivity index (χ1) is 11.1. The molecule has 2 atom stereocenters. The number of aliphatic hydroxyl groups is 2. The summed E-state index contributed by atoms with van der Waals surface area (Å²) in [6, 6.07) is 0. The normalized spacial score (nSPS) is 13.9. The highest BCUT2D eigenvalue weighted by Gasteiger charge is 2.13. The number of carboxylic acids is 1. The molecule has 0 heterocycles. The zero-order valence-electron chi connectivity index (χ0n) is 15.0. The van der Waals surface area contributed by atoms with Crippen LogP contribution in [-0.4, -0.2) is 33.5 Å². The standard InChI is InChI=1S/C19H38O4/c1-2-3-4-5-6-7-8-9-10-11-12-13-17(20)16-18(21)14-15-19(22)23/h17-18,20-21H,2-16H2,1H3,(H,22,23)/t17-,18-/m1/s1. The summed E-state index contributed by atoms with van der Waals surface area (Å²) in [6.07, 6.45) is 14.1. The van der Waals surface area contributed by atoms with Gasteiger partial charge in [-0.25, -0.2) is 0 Å². The average molecular weight is 331 g/mol. The van der Waals surface area contributed by atoms with E-state index in [1.54, 1.807) is 0 Å². The number of carbonyl (C=O) groups is 1. The summed E-state index contributed by atoms with van der Waals surface area (Å²) in [5.41, 5.74) is 0. The van der Waals surface area contributed by atoms with E-state index >= 15 is 0 Å². The molecule has 4 heteroatoms. The Morgan fingerprint density at radius 1 is 0.739 bits per heavy atom. The van der Waals surface area contributed by atoms with Gasteiger partial charge in [0.05, 0.1) is 12.2 Å². The fourth-order valence-electron chi connectivity index (χ4n) is 2.88. The number of hydrogen-bond acceptors (Lipinski definition) is 3. The largest absolute Gasteiger partial charge is 0.481 e. The molecule has 23 heavy (non-hydrogen) atoms. The van der Waals surface area contributed by atoms with Crippen LogP contribution in [0.25, 0.3) is 0 Å². The van der Waals surface area contributed by atoms with Crippen LogP contribution in [0.15, 0.2) is 0 Å². The lowest BCUT2D eigenvalue weighted by Crippen LogP contribution is -2.18. The predicted molar refractivity (Wildman–Crippen MR) is 94.6 cm³/mol. The SMILES string of the molecule is CCCCCCCCCCCCC[C@@H](O)C[C@H](O)CCC(=O)O. The lowest BCUT2D eigenvalue weighted by molar-refractivity contribution is -0.137. The quantitative estimate of drug-likeness (QED) is 0.339. The Hall–Kier alpha value is -0.610. The third-order valence-corrected chi connectivity index (χ3v) is 4.38. The Morgan fingerprint density at radius 2 is 1.17 bits per heavy atom. The van der Waals surface area contributed by atoms with Crippen LogP contribution in [0.3, 0.4) is 0 Å². The lowest BCUT2D eigenvalue weighted by Gasteiger charge is -2.14. The Morgan fingerprint density at radius 3 is 1.65 bits per heavy atom. The molecule has 0 aromatic rings. The van der Waals surface area contributed by atoms with Crippen molar-refractivity contribution in [2.75, 3.05) is 0 Å². The lowest BCUT2D eigenvalue weighted by atomic mass is 10.0. The molecule has 4 nitrogen and oxygen atoms in total. The molecule has 3 N–H and O–H groups in total. The first-order valence-electron chi connectivity index (χ1n) is 9.64. The van der Waals surface area contributed by atoms with E-state index < -0.39 is 18.2 Å². The molecule has 0 spiro atoms. The molecule has 0 bridgehead atoms. The van der Waals surface area contributed by atoms with E-state index in [2.05, 4.69) is 6.92 Å². The molecular formula is C19H38O4. The summed E-state index contributed by atoms with van der Waals surface area (Å²) >= 11 is 0. The summed E-state index contributed by atoms with van der Waals surface area (Å²) in [5, 5.41) is 28.0. The average Bonchev–Trinajstić information content (AvgIpc) is 2.50. The number of unbranched alkanes of at least 4 members (excludes halogenated alkanes) is 10. The molecule has 0 aliphatic rings. The van der Waals surface area contributed by atoms with Crippen molar-refractivity contribution in [2.24, 2.45) is 0 Å². The van der Waals surface area contributed by atoms with Gasteiger partial charge in [0, 0.05) is 6.42 Å². The van der Waals surface area contributed by atoms with Gasteiger partial charge in [-0.2, -0.15) is 0 Å². The van der Waals surface area contributed by atoms with Gasteiger partial charge in [-0.05, 0) is 19.3 Å². The van der Waals surface area contributed by atoms with E-state index in [1.165, 1.54) is 57.8 Å². The second kappa shape index (κ2) is 16.3. The highest BCUT2D eigenvalue weighted by molar-refractivity contribution is 5.66. The Kier molecular flexibility index (Phi) is 15.8. The van der Waals surface area contributed by atoms with E-state index in [0.717, 1.165) is 12.8 Å². The van der Waals surface area contributed by atoms with Crippen LogP contribution < -0.4 is 0 Å². The van der Waals surface area contributed by atoms with Crippen molar-refractivity contribution >= 4 is 5.97 Å². The van der Waals surface area contributed by atoms with Crippen molar-refractivity contribution in [1.82, 2.24) is 0 Å². The van der Waals surface area contributed by atoms with Gasteiger partial charge in [0.2, 0.25) is 0 Å². The van der Waals surface area contributed by atoms with Crippen LogP contribution in [0.1, 0.15) is 103 Å². The second-order valence-corrected chi connectivity index (χ2v) is 6.80. The third-order valence-electron chi connectivity index (χ3n) is 4.38. The van der Waals surface area contributed by atoms with Crippen LogP contribution in [-0.2, 0) is 4.79 Å². The van der Waals surface area contributed by atoms with E-state index in [4.69, 9.17) is 5.11 Å². The fraction of sp³-hybridized carbons (Fsp3) is 0.947. The van der Waals surface area contributed by atoms with Crippen molar-refractivity contribution in [3.8, 4) is 0 Å². The van der Waals surface area contributed by atoms with Gasteiger partial charge in [0.15, 0.2) is 0 Å². The van der Waals surface area contributed by atoms with Crippen molar-refractivity contribution in [1.29, 1.82) is 0 Å². The number of aliphatic hydroxyl groups excluding tert-OH is 2. The van der Waals surface area contributed by atoms with Crippen LogP contribution in [0.2, 0.25) is 0 Å². The molecule has 0 rings (SSSR count). The summed E-state index contributed by atoms with van der Waals surface area (Å²) in [7, 11) is 0. The van der Waals surface area contributed by atoms with E-state index in [0.29, 0.717) is 12.8 Å². The Bertz CT molecular complexity index is 268. The van der Waals surface area contributed by atoms with Gasteiger partial charge < -0.3 is 15.3 Å². The van der Waals surface area contributed by atoms with E-state index in [1.807, 2.05) is 0 Å². The molecule has 0 aromatic heterocycles. The molecule has 0 amide bonds. The molecule has 0 saturated heterocycles. The fourth-order valence-corrected chi connectivity index (χ4v) is 2.88. The second-order valence-electron chi connectivity index (χ2n) is 6.80. The van der Waals surface area contributed by atoms with Gasteiger partial charge in [-0.15, -0.1) is 0 Å². The number of carboxylic acid groups (broad SMARTS) is 1. The maximum absolute atomic E-state index is 10.4. The molecule has 0 aromatic carbocycles. The maximum atomic E-state index is 10.4. The van der Waals surface area contributed by atoms with Crippen LogP contribution >= 0.6 is 0 Å². The van der Waals surface area contributed by atoms with Crippen LogP contribution in [0.5, 0.6) is 0 Å². The van der Waals surface area contributed by atoms with Crippen LogP contribution in [0.4, 0.5) is 0 Å². The van der Waals surface area contributed by atoms with Crippen molar-refractivity contribution < 1.29 is 20.1 Å². The van der Waals surface area contributed by atoms with Gasteiger partial charge in [-0.3, -0.25) is 4.79 Å². The zero-order valence-corrected chi connectivity index (χ0v) is 15.0. The minimum absolute atomic E-state index is 0.0354. The van der Waals surface area contributed by atoms with Crippen molar-refractivity contribution in [3.05, 3.63) is 0 Å². The Labute approximate surface area is 142 Å². The van der Waals surface area contributed by atoms with Gasteiger partial charge in [-0.1, -0.05) is 77.6 Å². The smallest absolute Gasteiger partial charge is 0.303 e. The summed E-state index contributed by atoms with van der Waals surface area (Å²) in [5.74, 6) is -0.899. The molecule has 0 radical (unpaired) electrons. The summed E-state index contributed by atoms with van der Waals surface area (Å²) in [6.45, 7) is 2.24. The first-order valence-corrected chi connectivity index (χ1v) is 9.64. The van der Waals surface area contributed by atoms with Gasteiger partial charge in [0.25, 0.3) is 0 Å². The van der Waals surface area contributed by atoms with Crippen molar-refractivity contribution in [2.45, 2.75) is 115 Å². The molecule has 0 aliphatic carbocycles. The molecule has 0 fully saturated rings. The van der Waals surface area contributed by atoms with E-state index in [9.17, 15) is 15.0 Å². The van der Waals surface area contributed by atoms with Gasteiger partial charge in [0.1, 0.15) is 0 Å². The van der Waals surface area contributed by atoms with Gasteiger partial charge >= 0.3 is 5.97 Å². The zero-order chi connectivity index (χ0) is 17.3. The number of hydrogen-bond donors (Lipinski definition) is 3. The van der Waals surface area contributed by atoms with Crippen molar-refractivity contribution in [3.63, 3.8) is 0 Å². The topological polar surface area (TPSA) is 77.8 Å². The maximum Gasteiger partial charge on any atom is 0.303 e. The molecule has 0 saturated carbocycles. The summed E-state index contributed by atoms with van der Waals surface area (Å²) < 4.78 is 0. The predicted octanol–water partition coefficient (Wildman–Crippen LogP) is 4.66. The highest BCUT2D eigenvalue weighted by atomic mass is 16.4. The monoisotopic (exact) mass is 330 g/mol.